The van der Waals surface area contributed by atoms with E-state index >= 15 is 0 Å². The molecule has 0 bridgehead atoms. The van der Waals surface area contributed by atoms with Gasteiger partial charge in [0.2, 0.25) is 0 Å². The highest BCUT2D eigenvalue weighted by Crippen LogP contribution is 2.52. The van der Waals surface area contributed by atoms with Crippen LogP contribution in [0.1, 0.15) is 24.5 Å². The van der Waals surface area contributed by atoms with Crippen molar-refractivity contribution in [2.24, 2.45) is 5.92 Å². The van der Waals surface area contributed by atoms with Crippen molar-refractivity contribution in [3.05, 3.63) is 35.9 Å². The SMILES string of the molecule is CP(C)(=O)OC(c1ccccc1)C1CC1. The molecule has 1 saturated carbocycles. The molecular weight excluding hydrogens is 207 g/mol. The number of hydrogen-bond donors (Lipinski definition) is 0. The van der Waals surface area contributed by atoms with E-state index in [0.717, 1.165) is 5.56 Å². The van der Waals surface area contributed by atoms with E-state index in [1.165, 1.54) is 12.8 Å². The molecule has 0 heterocycles. The molecule has 0 N–H and O–H groups in total. The molecule has 1 aromatic rings. The largest absolute Gasteiger partial charge is 0.320 e. The molecule has 1 unspecified atom stereocenters. The molecule has 1 aliphatic carbocycles. The second-order valence-electron chi connectivity index (χ2n) is 4.53. The maximum absolute atomic E-state index is 11.7. The zero-order chi connectivity index (χ0) is 10.9. The molecule has 1 fully saturated rings. The Labute approximate surface area is 91.1 Å². The van der Waals surface area contributed by atoms with Gasteiger partial charge in [-0.05, 0) is 24.3 Å². The molecule has 0 aromatic heterocycles. The van der Waals surface area contributed by atoms with E-state index in [1.54, 1.807) is 13.3 Å². The van der Waals surface area contributed by atoms with Gasteiger partial charge in [0.05, 0.1) is 6.10 Å². The third-order valence-corrected chi connectivity index (χ3v) is 3.28. The Balaban J connectivity index is 2.17. The first-order valence-electron chi connectivity index (χ1n) is 5.34. The van der Waals surface area contributed by atoms with Crippen LogP contribution in [0.25, 0.3) is 0 Å². The van der Waals surface area contributed by atoms with Crippen LogP contribution in [-0.2, 0) is 9.09 Å². The zero-order valence-electron chi connectivity index (χ0n) is 9.22. The van der Waals surface area contributed by atoms with Crippen LogP contribution < -0.4 is 0 Å². The van der Waals surface area contributed by atoms with Gasteiger partial charge in [-0.15, -0.1) is 0 Å². The topological polar surface area (TPSA) is 26.3 Å². The lowest BCUT2D eigenvalue weighted by molar-refractivity contribution is 0.188. The van der Waals surface area contributed by atoms with Crippen molar-refractivity contribution in [1.29, 1.82) is 0 Å². The Morgan fingerprint density at radius 1 is 1.27 bits per heavy atom. The fraction of sp³-hybridized carbons (Fsp3) is 0.500. The van der Waals surface area contributed by atoms with Gasteiger partial charge in [-0.25, -0.2) is 0 Å². The summed E-state index contributed by atoms with van der Waals surface area (Å²) in [6, 6.07) is 10.1. The molecule has 1 aromatic carbocycles. The first-order chi connectivity index (χ1) is 7.06. The molecule has 0 aliphatic heterocycles. The van der Waals surface area contributed by atoms with E-state index in [2.05, 4.69) is 12.1 Å². The summed E-state index contributed by atoms with van der Waals surface area (Å²) in [6.45, 7) is 3.37. The lowest BCUT2D eigenvalue weighted by Crippen LogP contribution is -2.04. The Kier molecular flexibility index (Phi) is 2.99. The quantitative estimate of drug-likeness (QED) is 0.729. The van der Waals surface area contributed by atoms with Crippen molar-refractivity contribution >= 4 is 7.37 Å². The first-order valence-corrected chi connectivity index (χ1v) is 7.86. The summed E-state index contributed by atoms with van der Waals surface area (Å²) in [5.41, 5.74) is 1.16. The summed E-state index contributed by atoms with van der Waals surface area (Å²) >= 11 is 0. The number of benzene rings is 1. The Morgan fingerprint density at radius 3 is 2.33 bits per heavy atom. The smallest absolute Gasteiger partial charge is 0.197 e. The molecule has 82 valence electrons. The monoisotopic (exact) mass is 224 g/mol. The summed E-state index contributed by atoms with van der Waals surface area (Å²) in [6.07, 6.45) is 2.42. The van der Waals surface area contributed by atoms with Crippen molar-refractivity contribution in [2.45, 2.75) is 18.9 Å². The normalized spacial score (nSPS) is 18.8. The van der Waals surface area contributed by atoms with Gasteiger partial charge < -0.3 is 4.52 Å². The van der Waals surface area contributed by atoms with Crippen LogP contribution in [0, 0.1) is 5.92 Å². The second kappa shape index (κ2) is 4.11. The van der Waals surface area contributed by atoms with E-state index in [1.807, 2.05) is 18.2 Å². The highest BCUT2D eigenvalue weighted by atomic mass is 31.2. The minimum atomic E-state index is -2.40. The van der Waals surface area contributed by atoms with Crippen LogP contribution in [0.5, 0.6) is 0 Å². The predicted octanol–water partition coefficient (Wildman–Crippen LogP) is 3.69. The molecule has 0 spiro atoms. The van der Waals surface area contributed by atoms with Gasteiger partial charge >= 0.3 is 0 Å². The third-order valence-electron chi connectivity index (χ3n) is 2.55. The molecule has 2 nitrogen and oxygen atoms in total. The molecule has 2 rings (SSSR count). The summed E-state index contributed by atoms with van der Waals surface area (Å²) in [5, 5.41) is 0. The summed E-state index contributed by atoms with van der Waals surface area (Å²) in [7, 11) is -2.40. The van der Waals surface area contributed by atoms with Crippen molar-refractivity contribution in [2.75, 3.05) is 13.3 Å². The van der Waals surface area contributed by atoms with Gasteiger partial charge in [0.15, 0.2) is 7.37 Å². The molecule has 3 heteroatoms. The average molecular weight is 224 g/mol. The number of hydrogen-bond acceptors (Lipinski definition) is 2. The van der Waals surface area contributed by atoms with Crippen LogP contribution in [0.2, 0.25) is 0 Å². The van der Waals surface area contributed by atoms with Gasteiger partial charge in [0, 0.05) is 13.3 Å². The molecule has 0 radical (unpaired) electrons. The Bertz CT molecular complexity index is 364. The number of rotatable bonds is 4. The molecule has 1 aliphatic rings. The minimum absolute atomic E-state index is 0.0343. The maximum atomic E-state index is 11.7. The van der Waals surface area contributed by atoms with Gasteiger partial charge in [0.25, 0.3) is 0 Å². The fourth-order valence-corrected chi connectivity index (χ4v) is 2.58. The molecule has 0 saturated heterocycles. The van der Waals surface area contributed by atoms with Crippen molar-refractivity contribution in [1.82, 2.24) is 0 Å². The molecular formula is C12H17O2P. The fourth-order valence-electron chi connectivity index (χ4n) is 1.73. The maximum Gasteiger partial charge on any atom is 0.197 e. The summed E-state index contributed by atoms with van der Waals surface area (Å²) < 4.78 is 17.4. The summed E-state index contributed by atoms with van der Waals surface area (Å²) in [4.78, 5) is 0. The van der Waals surface area contributed by atoms with Crippen molar-refractivity contribution in [3.63, 3.8) is 0 Å². The predicted molar refractivity (Wildman–Crippen MR) is 62.4 cm³/mol. The van der Waals surface area contributed by atoms with Crippen LogP contribution in [0.15, 0.2) is 30.3 Å². The lowest BCUT2D eigenvalue weighted by Gasteiger charge is -2.20. The minimum Gasteiger partial charge on any atom is -0.320 e. The molecule has 15 heavy (non-hydrogen) atoms. The standard InChI is InChI=1S/C12H17O2P/c1-15(2,13)14-12(11-8-9-11)10-6-4-3-5-7-10/h3-7,11-12H,8-9H2,1-2H3. The third kappa shape index (κ3) is 3.19. The van der Waals surface area contributed by atoms with Gasteiger partial charge in [-0.1, -0.05) is 30.3 Å². The van der Waals surface area contributed by atoms with E-state index in [0.29, 0.717) is 5.92 Å². The van der Waals surface area contributed by atoms with Crippen LogP contribution in [-0.4, -0.2) is 13.3 Å². The lowest BCUT2D eigenvalue weighted by atomic mass is 10.1. The highest BCUT2D eigenvalue weighted by Gasteiger charge is 2.35. The van der Waals surface area contributed by atoms with Gasteiger partial charge in [-0.3, -0.25) is 4.57 Å². The van der Waals surface area contributed by atoms with Crippen molar-refractivity contribution < 1.29 is 9.09 Å². The van der Waals surface area contributed by atoms with E-state index in [-0.39, 0.29) is 6.10 Å². The van der Waals surface area contributed by atoms with Crippen LogP contribution in [0.4, 0.5) is 0 Å². The van der Waals surface area contributed by atoms with E-state index < -0.39 is 7.37 Å². The second-order valence-corrected chi connectivity index (χ2v) is 7.24. The van der Waals surface area contributed by atoms with Gasteiger partial charge in [0.1, 0.15) is 0 Å². The van der Waals surface area contributed by atoms with Crippen molar-refractivity contribution in [3.8, 4) is 0 Å². The molecule has 0 amide bonds. The summed E-state index contributed by atoms with van der Waals surface area (Å²) in [5.74, 6) is 0.570. The van der Waals surface area contributed by atoms with Gasteiger partial charge in [-0.2, -0.15) is 0 Å². The van der Waals surface area contributed by atoms with E-state index in [4.69, 9.17) is 4.52 Å². The van der Waals surface area contributed by atoms with Crippen LogP contribution >= 0.6 is 7.37 Å². The van der Waals surface area contributed by atoms with Crippen LogP contribution in [0.3, 0.4) is 0 Å². The zero-order valence-corrected chi connectivity index (χ0v) is 10.1. The highest BCUT2D eigenvalue weighted by molar-refractivity contribution is 7.57. The Morgan fingerprint density at radius 2 is 1.87 bits per heavy atom. The Hall–Kier alpha value is -0.590. The van der Waals surface area contributed by atoms with E-state index in [9.17, 15) is 4.57 Å². The first kappa shape index (κ1) is 10.9. The average Bonchev–Trinajstić information content (AvgIpc) is 2.97. The molecule has 1 atom stereocenters.